The fourth-order valence-electron chi connectivity index (χ4n) is 2.02. The number of anilines is 2. The van der Waals surface area contributed by atoms with E-state index in [1.54, 1.807) is 18.2 Å². The first-order valence-corrected chi connectivity index (χ1v) is 6.92. The minimum absolute atomic E-state index is 0.391. The van der Waals surface area contributed by atoms with E-state index in [1.807, 2.05) is 24.3 Å². The molecule has 0 aliphatic rings. The lowest BCUT2D eigenvalue weighted by Crippen LogP contribution is -2.03. The van der Waals surface area contributed by atoms with Gasteiger partial charge in [0, 0.05) is 11.6 Å². The number of halogens is 1. The molecule has 0 saturated heterocycles. The van der Waals surface area contributed by atoms with Crippen LogP contribution in [0.25, 0.3) is 10.9 Å². The standard InChI is InChI=1S/C16H12ClN3O2/c1-22-16(21)11-6-7-13(18-9-11)19-14-8-5-10-3-2-4-12(17)15(10)20-14/h2-9H,1H3,(H,18,19,20). The molecule has 3 rings (SSSR count). The number of fused-ring (bicyclic) bond motifs is 1. The predicted molar refractivity (Wildman–Crippen MR) is 85.6 cm³/mol. The molecule has 1 aromatic carbocycles. The molecule has 1 N–H and O–H groups in total. The quantitative estimate of drug-likeness (QED) is 0.745. The molecule has 22 heavy (non-hydrogen) atoms. The molecule has 0 bridgehead atoms. The van der Waals surface area contributed by atoms with Crippen molar-refractivity contribution in [3.05, 3.63) is 59.2 Å². The van der Waals surface area contributed by atoms with Crippen molar-refractivity contribution in [1.29, 1.82) is 0 Å². The smallest absolute Gasteiger partial charge is 0.339 e. The van der Waals surface area contributed by atoms with Crippen LogP contribution in [-0.2, 0) is 4.74 Å². The molecule has 0 unspecified atom stereocenters. The summed E-state index contributed by atoms with van der Waals surface area (Å²) < 4.78 is 4.63. The molecule has 0 atom stereocenters. The van der Waals surface area contributed by atoms with Gasteiger partial charge in [-0.15, -0.1) is 0 Å². The minimum Gasteiger partial charge on any atom is -0.465 e. The van der Waals surface area contributed by atoms with E-state index in [4.69, 9.17) is 11.6 Å². The van der Waals surface area contributed by atoms with Gasteiger partial charge < -0.3 is 10.1 Å². The van der Waals surface area contributed by atoms with Gasteiger partial charge in [-0.1, -0.05) is 23.7 Å². The van der Waals surface area contributed by atoms with Crippen molar-refractivity contribution in [2.24, 2.45) is 0 Å². The highest BCUT2D eigenvalue weighted by atomic mass is 35.5. The van der Waals surface area contributed by atoms with Gasteiger partial charge in [-0.2, -0.15) is 0 Å². The van der Waals surface area contributed by atoms with Crippen LogP contribution in [0.5, 0.6) is 0 Å². The lowest BCUT2D eigenvalue weighted by atomic mass is 10.2. The Morgan fingerprint density at radius 2 is 1.95 bits per heavy atom. The van der Waals surface area contributed by atoms with E-state index in [1.165, 1.54) is 13.3 Å². The monoisotopic (exact) mass is 313 g/mol. The summed E-state index contributed by atoms with van der Waals surface area (Å²) in [5.41, 5.74) is 1.11. The molecule has 0 saturated carbocycles. The molecule has 6 heteroatoms. The molecular formula is C16H12ClN3O2. The maximum absolute atomic E-state index is 11.4. The number of hydrogen-bond acceptors (Lipinski definition) is 5. The van der Waals surface area contributed by atoms with Crippen LogP contribution >= 0.6 is 11.6 Å². The van der Waals surface area contributed by atoms with Gasteiger partial charge in [0.2, 0.25) is 0 Å². The Hall–Kier alpha value is -2.66. The highest BCUT2D eigenvalue weighted by Crippen LogP contribution is 2.24. The predicted octanol–water partition coefficient (Wildman–Crippen LogP) is 3.81. The molecule has 5 nitrogen and oxygen atoms in total. The first-order valence-electron chi connectivity index (χ1n) is 6.54. The number of carbonyl (C=O) groups is 1. The Morgan fingerprint density at radius 3 is 2.68 bits per heavy atom. The Bertz CT molecular complexity index is 834. The Balaban J connectivity index is 1.86. The Kier molecular flexibility index (Phi) is 3.89. The number of rotatable bonds is 3. The van der Waals surface area contributed by atoms with Gasteiger partial charge in [-0.3, -0.25) is 0 Å². The molecule has 0 aliphatic heterocycles. The summed E-state index contributed by atoms with van der Waals surface area (Å²) in [6, 6.07) is 12.7. The van der Waals surface area contributed by atoms with Crippen LogP contribution in [0.1, 0.15) is 10.4 Å². The second kappa shape index (κ2) is 5.99. The second-order valence-corrected chi connectivity index (χ2v) is 4.96. The van der Waals surface area contributed by atoms with Crippen LogP contribution in [0.15, 0.2) is 48.7 Å². The Morgan fingerprint density at radius 1 is 1.14 bits per heavy atom. The number of aromatic nitrogens is 2. The summed E-state index contributed by atoms with van der Waals surface area (Å²) in [5, 5.41) is 4.63. The third kappa shape index (κ3) is 2.84. The van der Waals surface area contributed by atoms with Crippen molar-refractivity contribution >= 4 is 40.1 Å². The van der Waals surface area contributed by atoms with E-state index < -0.39 is 5.97 Å². The number of benzene rings is 1. The Labute approximate surface area is 131 Å². The van der Waals surface area contributed by atoms with Crippen LogP contribution in [0.2, 0.25) is 5.02 Å². The average molecular weight is 314 g/mol. The zero-order valence-electron chi connectivity index (χ0n) is 11.7. The average Bonchev–Trinajstić information content (AvgIpc) is 2.55. The van der Waals surface area contributed by atoms with Crippen LogP contribution in [0.3, 0.4) is 0 Å². The molecule has 2 heterocycles. The third-order valence-corrected chi connectivity index (χ3v) is 3.42. The molecule has 110 valence electrons. The van der Waals surface area contributed by atoms with Gasteiger partial charge >= 0.3 is 5.97 Å². The van der Waals surface area contributed by atoms with Gasteiger partial charge in [-0.05, 0) is 30.3 Å². The molecule has 0 spiro atoms. The summed E-state index contributed by atoms with van der Waals surface area (Å²) in [7, 11) is 1.33. The van der Waals surface area contributed by atoms with Gasteiger partial charge in [0.15, 0.2) is 0 Å². The molecule has 3 aromatic rings. The van der Waals surface area contributed by atoms with E-state index in [0.29, 0.717) is 22.2 Å². The van der Waals surface area contributed by atoms with Crippen molar-refractivity contribution in [2.75, 3.05) is 12.4 Å². The summed E-state index contributed by atoms with van der Waals surface area (Å²) in [6.07, 6.45) is 1.45. The van der Waals surface area contributed by atoms with Gasteiger partial charge in [0.25, 0.3) is 0 Å². The highest BCUT2D eigenvalue weighted by molar-refractivity contribution is 6.35. The van der Waals surface area contributed by atoms with E-state index in [0.717, 1.165) is 10.9 Å². The van der Waals surface area contributed by atoms with Crippen molar-refractivity contribution in [3.8, 4) is 0 Å². The van der Waals surface area contributed by atoms with Crippen molar-refractivity contribution in [2.45, 2.75) is 0 Å². The topological polar surface area (TPSA) is 64.1 Å². The maximum atomic E-state index is 11.4. The first kappa shape index (κ1) is 14.3. The van der Waals surface area contributed by atoms with Crippen LogP contribution < -0.4 is 5.32 Å². The second-order valence-electron chi connectivity index (χ2n) is 4.56. The molecule has 0 amide bonds. The van der Waals surface area contributed by atoms with Gasteiger partial charge in [0.05, 0.1) is 23.2 Å². The normalized spacial score (nSPS) is 10.5. The minimum atomic E-state index is -0.422. The number of nitrogens with zero attached hydrogens (tertiary/aromatic N) is 2. The number of esters is 1. The maximum Gasteiger partial charge on any atom is 0.339 e. The molecule has 0 radical (unpaired) electrons. The lowest BCUT2D eigenvalue weighted by molar-refractivity contribution is 0.0600. The number of para-hydroxylation sites is 1. The molecule has 2 aromatic heterocycles. The number of nitrogens with one attached hydrogen (secondary N) is 1. The van der Waals surface area contributed by atoms with Crippen LogP contribution in [-0.4, -0.2) is 23.0 Å². The summed E-state index contributed by atoms with van der Waals surface area (Å²) >= 11 is 6.15. The zero-order chi connectivity index (χ0) is 15.5. The number of pyridine rings is 2. The number of methoxy groups -OCH3 is 1. The summed E-state index contributed by atoms with van der Waals surface area (Å²) in [5.74, 6) is 0.778. The van der Waals surface area contributed by atoms with Crippen molar-refractivity contribution in [1.82, 2.24) is 9.97 Å². The SMILES string of the molecule is COC(=O)c1ccc(Nc2ccc3cccc(Cl)c3n2)nc1. The number of carbonyl (C=O) groups excluding carboxylic acids is 1. The molecular weight excluding hydrogens is 302 g/mol. The highest BCUT2D eigenvalue weighted by Gasteiger charge is 2.06. The number of ether oxygens (including phenoxy) is 1. The number of hydrogen-bond donors (Lipinski definition) is 1. The third-order valence-electron chi connectivity index (χ3n) is 3.11. The zero-order valence-corrected chi connectivity index (χ0v) is 12.5. The summed E-state index contributed by atoms with van der Waals surface area (Å²) in [6.45, 7) is 0. The van der Waals surface area contributed by atoms with Crippen LogP contribution in [0, 0.1) is 0 Å². The van der Waals surface area contributed by atoms with E-state index in [2.05, 4.69) is 20.0 Å². The fraction of sp³-hybridized carbons (Fsp3) is 0.0625. The van der Waals surface area contributed by atoms with E-state index >= 15 is 0 Å². The van der Waals surface area contributed by atoms with Gasteiger partial charge in [0.1, 0.15) is 11.6 Å². The van der Waals surface area contributed by atoms with Crippen molar-refractivity contribution in [3.63, 3.8) is 0 Å². The molecule has 0 fully saturated rings. The molecule has 0 aliphatic carbocycles. The van der Waals surface area contributed by atoms with Crippen LogP contribution in [0.4, 0.5) is 11.6 Å². The lowest BCUT2D eigenvalue weighted by Gasteiger charge is -2.07. The fourth-order valence-corrected chi connectivity index (χ4v) is 2.24. The van der Waals surface area contributed by atoms with E-state index in [9.17, 15) is 4.79 Å². The van der Waals surface area contributed by atoms with E-state index in [-0.39, 0.29) is 0 Å². The van der Waals surface area contributed by atoms with Crippen molar-refractivity contribution < 1.29 is 9.53 Å². The largest absolute Gasteiger partial charge is 0.465 e. The first-order chi connectivity index (χ1) is 10.7. The van der Waals surface area contributed by atoms with Gasteiger partial charge in [-0.25, -0.2) is 14.8 Å². The summed E-state index contributed by atoms with van der Waals surface area (Å²) in [4.78, 5) is 20.0.